The summed E-state index contributed by atoms with van der Waals surface area (Å²) in [7, 11) is 1.63. The predicted octanol–water partition coefficient (Wildman–Crippen LogP) is 0.417. The molecular formula is C10H17N5O3S. The van der Waals surface area contributed by atoms with Crippen molar-refractivity contribution in [3.63, 3.8) is 0 Å². The third-order valence-corrected chi connectivity index (χ3v) is 3.12. The number of nitrogens with one attached hydrogen (secondary N) is 2. The molecule has 0 aliphatic carbocycles. The number of nitro groups is 1. The molecule has 0 radical (unpaired) electrons. The molecule has 0 fully saturated rings. The van der Waals surface area contributed by atoms with Crippen LogP contribution < -0.4 is 16.4 Å². The van der Waals surface area contributed by atoms with E-state index >= 15 is 0 Å². The molecule has 0 aliphatic rings. The fraction of sp³-hybridized carbons (Fsp3) is 0.500. The van der Waals surface area contributed by atoms with Gasteiger partial charge in [0.1, 0.15) is 5.76 Å². The zero-order valence-electron chi connectivity index (χ0n) is 10.6. The number of rotatable bonds is 9. The Labute approximate surface area is 115 Å². The van der Waals surface area contributed by atoms with Gasteiger partial charge in [0.15, 0.2) is 5.82 Å². The van der Waals surface area contributed by atoms with Crippen LogP contribution in [0.5, 0.6) is 0 Å². The smallest absolute Gasteiger partial charge is 0.292 e. The van der Waals surface area contributed by atoms with Crippen LogP contribution in [-0.2, 0) is 6.42 Å². The van der Waals surface area contributed by atoms with E-state index in [4.69, 9.17) is 10.2 Å². The Morgan fingerprint density at radius 3 is 3.05 bits per heavy atom. The molecule has 19 heavy (non-hydrogen) atoms. The van der Waals surface area contributed by atoms with Crippen LogP contribution in [0.15, 0.2) is 22.6 Å². The number of aromatic nitrogens is 1. The Morgan fingerprint density at radius 1 is 1.68 bits per heavy atom. The number of oxazole rings is 1. The normalized spacial score (nSPS) is 11.3. The van der Waals surface area contributed by atoms with E-state index in [1.807, 2.05) is 0 Å². The Morgan fingerprint density at radius 2 is 2.47 bits per heavy atom. The fourth-order valence-electron chi connectivity index (χ4n) is 1.27. The molecule has 1 aromatic rings. The lowest BCUT2D eigenvalue weighted by Gasteiger charge is -2.07. The highest BCUT2D eigenvalue weighted by Gasteiger charge is 2.01. The third kappa shape index (κ3) is 6.55. The maximum atomic E-state index is 10.3. The third-order valence-electron chi connectivity index (χ3n) is 2.13. The average Bonchev–Trinajstić information content (AvgIpc) is 2.77. The second kappa shape index (κ2) is 8.25. The van der Waals surface area contributed by atoms with Gasteiger partial charge in [-0.2, -0.15) is 11.8 Å². The predicted molar refractivity (Wildman–Crippen MR) is 74.1 cm³/mol. The van der Waals surface area contributed by atoms with Crippen molar-refractivity contribution in [1.82, 2.24) is 15.6 Å². The van der Waals surface area contributed by atoms with Crippen LogP contribution in [-0.4, -0.2) is 35.0 Å². The van der Waals surface area contributed by atoms with E-state index < -0.39 is 4.92 Å². The lowest BCUT2D eigenvalue weighted by molar-refractivity contribution is -0.404. The van der Waals surface area contributed by atoms with E-state index in [0.717, 1.165) is 29.9 Å². The SMILES string of the molecule is CNC(=C[N+](=O)[O-])NCCSCCc1cnc(N)o1. The molecule has 0 saturated carbocycles. The highest BCUT2D eigenvalue weighted by atomic mass is 32.2. The monoisotopic (exact) mass is 287 g/mol. The van der Waals surface area contributed by atoms with Crippen LogP contribution in [0.2, 0.25) is 0 Å². The summed E-state index contributed by atoms with van der Waals surface area (Å²) >= 11 is 1.71. The van der Waals surface area contributed by atoms with Crippen molar-refractivity contribution in [2.24, 2.45) is 0 Å². The molecule has 1 heterocycles. The standard InChI is InChI=1S/C10H17N5O3S/c1-12-9(7-15(16)17)13-3-5-19-4-2-8-6-14-10(11)18-8/h6-7,12-13H,2-5H2,1H3,(H2,11,14). The van der Waals surface area contributed by atoms with Gasteiger partial charge in [0.25, 0.3) is 12.2 Å². The number of aryl methyl sites for hydroxylation is 1. The summed E-state index contributed by atoms with van der Waals surface area (Å²) in [5.74, 6) is 2.88. The maximum Gasteiger partial charge on any atom is 0.292 e. The molecule has 0 amide bonds. The summed E-state index contributed by atoms with van der Waals surface area (Å²) in [4.78, 5) is 13.6. The highest BCUT2D eigenvalue weighted by molar-refractivity contribution is 7.99. The first kappa shape index (κ1) is 15.2. The van der Waals surface area contributed by atoms with Gasteiger partial charge in [-0.3, -0.25) is 10.1 Å². The van der Waals surface area contributed by atoms with Gasteiger partial charge in [0.05, 0.1) is 11.1 Å². The number of nitrogens with zero attached hydrogens (tertiary/aromatic N) is 2. The molecule has 1 aromatic heterocycles. The second-order valence-corrected chi connectivity index (χ2v) is 4.76. The minimum absolute atomic E-state index is 0.185. The van der Waals surface area contributed by atoms with Gasteiger partial charge in [0.2, 0.25) is 0 Å². The van der Waals surface area contributed by atoms with Gasteiger partial charge in [-0.15, -0.1) is 0 Å². The van der Waals surface area contributed by atoms with E-state index in [1.165, 1.54) is 0 Å². The first-order valence-corrected chi connectivity index (χ1v) is 6.82. The molecule has 0 bridgehead atoms. The molecule has 0 saturated heterocycles. The lowest BCUT2D eigenvalue weighted by atomic mass is 10.4. The molecule has 0 aromatic carbocycles. The Hall–Kier alpha value is -1.90. The number of hydrogen-bond acceptors (Lipinski definition) is 8. The maximum absolute atomic E-state index is 10.3. The van der Waals surface area contributed by atoms with Crippen molar-refractivity contribution < 1.29 is 9.34 Å². The van der Waals surface area contributed by atoms with Gasteiger partial charge < -0.3 is 20.8 Å². The quantitative estimate of drug-likeness (QED) is 0.339. The van der Waals surface area contributed by atoms with E-state index in [1.54, 1.807) is 25.0 Å². The van der Waals surface area contributed by atoms with Gasteiger partial charge >= 0.3 is 0 Å². The molecular weight excluding hydrogens is 270 g/mol. The van der Waals surface area contributed by atoms with Crippen molar-refractivity contribution in [2.45, 2.75) is 6.42 Å². The summed E-state index contributed by atoms with van der Waals surface area (Å²) in [6, 6.07) is 0.185. The number of thioether (sulfide) groups is 1. The van der Waals surface area contributed by atoms with Crippen LogP contribution in [0, 0.1) is 10.1 Å². The van der Waals surface area contributed by atoms with E-state index in [9.17, 15) is 10.1 Å². The molecule has 9 heteroatoms. The Kier molecular flexibility index (Phi) is 6.58. The lowest BCUT2D eigenvalue weighted by Crippen LogP contribution is -2.26. The summed E-state index contributed by atoms with van der Waals surface area (Å²) in [6.07, 6.45) is 3.29. The minimum Gasteiger partial charge on any atom is -0.429 e. The first-order chi connectivity index (χ1) is 9.11. The molecule has 0 atom stereocenters. The molecule has 0 spiro atoms. The summed E-state index contributed by atoms with van der Waals surface area (Å²) in [5, 5.41) is 15.9. The van der Waals surface area contributed by atoms with Crippen LogP contribution >= 0.6 is 11.8 Å². The van der Waals surface area contributed by atoms with Gasteiger partial charge in [0, 0.05) is 31.5 Å². The molecule has 106 valence electrons. The van der Waals surface area contributed by atoms with Gasteiger partial charge in [-0.1, -0.05) is 0 Å². The zero-order chi connectivity index (χ0) is 14.1. The van der Waals surface area contributed by atoms with Crippen LogP contribution in [0.4, 0.5) is 6.01 Å². The van der Waals surface area contributed by atoms with Gasteiger partial charge in [-0.25, -0.2) is 4.98 Å². The van der Waals surface area contributed by atoms with Crippen molar-refractivity contribution in [3.8, 4) is 0 Å². The van der Waals surface area contributed by atoms with E-state index in [0.29, 0.717) is 12.4 Å². The highest BCUT2D eigenvalue weighted by Crippen LogP contribution is 2.09. The van der Waals surface area contributed by atoms with Gasteiger partial charge in [-0.05, 0) is 0 Å². The minimum atomic E-state index is -0.500. The molecule has 4 N–H and O–H groups in total. The summed E-state index contributed by atoms with van der Waals surface area (Å²) in [5.41, 5.74) is 5.36. The van der Waals surface area contributed by atoms with Crippen molar-refractivity contribution in [3.05, 3.63) is 34.1 Å². The van der Waals surface area contributed by atoms with E-state index in [2.05, 4.69) is 15.6 Å². The van der Waals surface area contributed by atoms with Crippen LogP contribution in [0.1, 0.15) is 5.76 Å². The molecule has 1 rings (SSSR count). The fourth-order valence-corrected chi connectivity index (χ4v) is 2.07. The molecule has 0 unspecified atom stereocenters. The molecule has 8 nitrogen and oxygen atoms in total. The topological polar surface area (TPSA) is 119 Å². The number of anilines is 1. The van der Waals surface area contributed by atoms with Crippen molar-refractivity contribution >= 4 is 17.8 Å². The Bertz CT molecular complexity index is 435. The van der Waals surface area contributed by atoms with Crippen molar-refractivity contribution in [2.75, 3.05) is 30.8 Å². The van der Waals surface area contributed by atoms with Crippen LogP contribution in [0.3, 0.4) is 0 Å². The first-order valence-electron chi connectivity index (χ1n) is 5.66. The molecule has 0 aliphatic heterocycles. The largest absolute Gasteiger partial charge is 0.429 e. The number of hydrogen-bond donors (Lipinski definition) is 3. The second-order valence-electron chi connectivity index (χ2n) is 3.53. The van der Waals surface area contributed by atoms with Crippen LogP contribution in [0.25, 0.3) is 0 Å². The Balaban J connectivity index is 2.09. The number of nitrogen functional groups attached to an aromatic ring is 1. The van der Waals surface area contributed by atoms with E-state index in [-0.39, 0.29) is 6.01 Å². The zero-order valence-corrected chi connectivity index (χ0v) is 11.4. The number of nitrogens with two attached hydrogens (primary N) is 1. The summed E-state index contributed by atoms with van der Waals surface area (Å²) < 4.78 is 5.13. The van der Waals surface area contributed by atoms with Crippen molar-refractivity contribution in [1.29, 1.82) is 0 Å². The summed E-state index contributed by atoms with van der Waals surface area (Å²) in [6.45, 7) is 0.643. The average molecular weight is 287 g/mol.